The number of carbonyl (C=O) groups excluding carboxylic acids is 1. The Morgan fingerprint density at radius 2 is 0.698 bits per heavy atom. The number of hydrogen-bond donors (Lipinski definition) is 1. The Morgan fingerprint density at radius 3 is 1.05 bits per heavy atom. The van der Waals surface area contributed by atoms with E-state index in [1.165, 1.54) is 173 Å². The molecule has 1 N–H and O–H groups in total. The fraction of sp³-hybridized carbons (Fsp3) is 0.949. The number of aliphatic carboxylic acids is 1. The van der Waals surface area contributed by atoms with Crippen molar-refractivity contribution in [3.63, 3.8) is 0 Å². The molecule has 0 fully saturated rings. The van der Waals surface area contributed by atoms with Crippen LogP contribution in [-0.2, 0) is 14.3 Å². The lowest BCUT2D eigenvalue weighted by Gasteiger charge is -2.18. The van der Waals surface area contributed by atoms with Crippen molar-refractivity contribution in [3.05, 3.63) is 0 Å². The number of unbranched alkanes of at least 4 members (excludes halogenated alkanes) is 27. The molecule has 0 aliphatic heterocycles. The van der Waals surface area contributed by atoms with Crippen LogP contribution in [0, 0.1) is 0 Å². The van der Waals surface area contributed by atoms with Crippen LogP contribution in [0.1, 0.15) is 232 Å². The Hall–Kier alpha value is -1.06. The van der Waals surface area contributed by atoms with Crippen molar-refractivity contribution >= 4 is 11.9 Å². The highest BCUT2D eigenvalue weighted by Crippen LogP contribution is 2.19. The molecule has 0 aliphatic carbocycles. The van der Waals surface area contributed by atoms with E-state index >= 15 is 0 Å². The molecule has 0 bridgehead atoms. The molecule has 0 aliphatic rings. The summed E-state index contributed by atoms with van der Waals surface area (Å²) in [5.41, 5.74) is 0. The summed E-state index contributed by atoms with van der Waals surface area (Å²) >= 11 is 0. The summed E-state index contributed by atoms with van der Waals surface area (Å²) in [6, 6.07) is 0. The van der Waals surface area contributed by atoms with Crippen LogP contribution in [0.15, 0.2) is 0 Å². The minimum Gasteiger partial charge on any atom is -0.481 e. The highest BCUT2D eigenvalue weighted by Gasteiger charge is 2.14. The second kappa shape index (κ2) is 35.4. The van der Waals surface area contributed by atoms with Crippen LogP contribution in [0.4, 0.5) is 0 Å². The first-order valence-electron chi connectivity index (χ1n) is 19.5. The SMILES string of the molecule is CCCCCCCCCCCCCCC(=O)OC(CCCCCC)CCCCCCCCCCCCCCCCC(=O)O. The van der Waals surface area contributed by atoms with Crippen molar-refractivity contribution < 1.29 is 19.4 Å². The predicted molar refractivity (Wildman–Crippen MR) is 186 cm³/mol. The molecule has 0 aromatic heterocycles. The van der Waals surface area contributed by atoms with E-state index in [0.29, 0.717) is 12.8 Å². The van der Waals surface area contributed by atoms with Crippen molar-refractivity contribution in [1.82, 2.24) is 0 Å². The lowest BCUT2D eigenvalue weighted by Crippen LogP contribution is -2.18. The average molecular weight is 609 g/mol. The van der Waals surface area contributed by atoms with Crippen LogP contribution in [-0.4, -0.2) is 23.1 Å². The third-order valence-corrected chi connectivity index (χ3v) is 9.08. The molecule has 1 unspecified atom stereocenters. The van der Waals surface area contributed by atoms with Gasteiger partial charge in [-0.15, -0.1) is 0 Å². The van der Waals surface area contributed by atoms with Gasteiger partial charge in [-0.2, -0.15) is 0 Å². The number of carbonyl (C=O) groups is 2. The maximum Gasteiger partial charge on any atom is 0.306 e. The van der Waals surface area contributed by atoms with Gasteiger partial charge in [0.1, 0.15) is 6.10 Å². The zero-order valence-corrected chi connectivity index (χ0v) is 29.3. The summed E-state index contributed by atoms with van der Waals surface area (Å²) in [6.07, 6.45) is 41.5. The molecule has 0 heterocycles. The van der Waals surface area contributed by atoms with Crippen molar-refractivity contribution in [2.45, 2.75) is 238 Å². The smallest absolute Gasteiger partial charge is 0.306 e. The highest BCUT2D eigenvalue weighted by atomic mass is 16.5. The lowest BCUT2D eigenvalue weighted by molar-refractivity contribution is -0.150. The number of esters is 1. The Bertz CT molecular complexity index is 576. The van der Waals surface area contributed by atoms with Crippen LogP contribution in [0.2, 0.25) is 0 Å². The molecule has 0 saturated heterocycles. The maximum atomic E-state index is 12.6. The molecule has 0 aromatic rings. The van der Waals surface area contributed by atoms with Gasteiger partial charge in [0.05, 0.1) is 0 Å². The predicted octanol–water partition coefficient (Wildman–Crippen LogP) is 13.3. The molecular weight excluding hydrogens is 532 g/mol. The highest BCUT2D eigenvalue weighted by molar-refractivity contribution is 5.69. The van der Waals surface area contributed by atoms with Crippen molar-refractivity contribution in [3.8, 4) is 0 Å². The molecule has 4 heteroatoms. The molecule has 0 spiro atoms. The summed E-state index contributed by atoms with van der Waals surface area (Å²) in [5.74, 6) is -0.617. The fourth-order valence-electron chi connectivity index (χ4n) is 6.19. The number of carboxylic acid groups (broad SMARTS) is 1. The molecule has 256 valence electrons. The summed E-state index contributed by atoms with van der Waals surface area (Å²) < 4.78 is 6.00. The largest absolute Gasteiger partial charge is 0.481 e. The van der Waals surface area contributed by atoms with Crippen LogP contribution >= 0.6 is 0 Å². The monoisotopic (exact) mass is 609 g/mol. The van der Waals surface area contributed by atoms with Crippen molar-refractivity contribution in [1.29, 1.82) is 0 Å². The molecule has 1 atom stereocenters. The number of hydrogen-bond acceptors (Lipinski definition) is 3. The van der Waals surface area contributed by atoms with Crippen LogP contribution in [0.5, 0.6) is 0 Å². The topological polar surface area (TPSA) is 63.6 Å². The number of carboxylic acids is 1. The first-order chi connectivity index (χ1) is 21.1. The van der Waals surface area contributed by atoms with Crippen molar-refractivity contribution in [2.75, 3.05) is 0 Å². The Morgan fingerprint density at radius 1 is 0.419 bits per heavy atom. The average Bonchev–Trinajstić information content (AvgIpc) is 2.99. The van der Waals surface area contributed by atoms with E-state index < -0.39 is 5.97 Å². The molecule has 0 rings (SSSR count). The van der Waals surface area contributed by atoms with Gasteiger partial charge in [0.2, 0.25) is 0 Å². The number of ether oxygens (including phenoxy) is 1. The zero-order valence-electron chi connectivity index (χ0n) is 29.3. The standard InChI is InChI=1S/C39H76O4/c1-3-5-7-9-10-11-12-19-22-25-28-32-36-39(42)43-37(33-29-8-6-4-2)34-30-26-23-20-17-15-13-14-16-18-21-24-27-31-35-38(40)41/h37H,3-36H2,1-2H3,(H,40,41). The molecule has 0 amide bonds. The van der Waals surface area contributed by atoms with Gasteiger partial charge in [-0.1, -0.05) is 181 Å². The van der Waals surface area contributed by atoms with Crippen molar-refractivity contribution in [2.24, 2.45) is 0 Å². The fourth-order valence-corrected chi connectivity index (χ4v) is 6.19. The van der Waals surface area contributed by atoms with E-state index in [0.717, 1.165) is 32.1 Å². The zero-order chi connectivity index (χ0) is 31.5. The van der Waals surface area contributed by atoms with E-state index in [1.54, 1.807) is 0 Å². The van der Waals surface area contributed by atoms with E-state index in [9.17, 15) is 9.59 Å². The van der Waals surface area contributed by atoms with Gasteiger partial charge >= 0.3 is 11.9 Å². The van der Waals surface area contributed by atoms with Crippen LogP contribution in [0.3, 0.4) is 0 Å². The summed E-state index contributed by atoms with van der Waals surface area (Å²) in [7, 11) is 0. The normalized spacial score (nSPS) is 12.0. The van der Waals surface area contributed by atoms with Gasteiger partial charge in [-0.25, -0.2) is 0 Å². The molecule has 4 nitrogen and oxygen atoms in total. The summed E-state index contributed by atoms with van der Waals surface area (Å²) in [6.45, 7) is 4.53. The van der Waals surface area contributed by atoms with E-state index in [4.69, 9.17) is 9.84 Å². The third kappa shape index (κ3) is 35.3. The molecule has 0 aromatic carbocycles. The van der Waals surface area contributed by atoms with Gasteiger partial charge < -0.3 is 9.84 Å². The third-order valence-electron chi connectivity index (χ3n) is 9.08. The van der Waals surface area contributed by atoms with Gasteiger partial charge in [-0.3, -0.25) is 9.59 Å². The Balaban J connectivity index is 3.75. The quantitative estimate of drug-likeness (QED) is 0.0567. The van der Waals surface area contributed by atoms with E-state index in [1.807, 2.05) is 0 Å². The molecule has 0 saturated carbocycles. The van der Waals surface area contributed by atoms with Gasteiger partial charge in [0.15, 0.2) is 0 Å². The first-order valence-corrected chi connectivity index (χ1v) is 19.5. The van der Waals surface area contributed by atoms with E-state index in [2.05, 4.69) is 13.8 Å². The minimum atomic E-state index is -0.664. The van der Waals surface area contributed by atoms with Gasteiger partial charge in [-0.05, 0) is 38.5 Å². The van der Waals surface area contributed by atoms with Crippen LogP contribution < -0.4 is 0 Å². The number of rotatable bonds is 36. The second-order valence-electron chi connectivity index (χ2n) is 13.5. The molecule has 43 heavy (non-hydrogen) atoms. The molecular formula is C39H76O4. The first kappa shape index (κ1) is 41.9. The maximum absolute atomic E-state index is 12.6. The Kier molecular flexibility index (Phi) is 34.5. The van der Waals surface area contributed by atoms with Gasteiger partial charge in [0, 0.05) is 12.8 Å². The summed E-state index contributed by atoms with van der Waals surface area (Å²) in [4.78, 5) is 23.1. The van der Waals surface area contributed by atoms with Gasteiger partial charge in [0.25, 0.3) is 0 Å². The lowest BCUT2D eigenvalue weighted by atomic mass is 10.0. The van der Waals surface area contributed by atoms with E-state index in [-0.39, 0.29) is 12.1 Å². The molecule has 0 radical (unpaired) electrons. The summed E-state index contributed by atoms with van der Waals surface area (Å²) in [5, 5.41) is 8.67. The Labute approximate surface area is 269 Å². The minimum absolute atomic E-state index is 0.0470. The second-order valence-corrected chi connectivity index (χ2v) is 13.5. The van der Waals surface area contributed by atoms with Crippen LogP contribution in [0.25, 0.3) is 0 Å².